The number of hydrogen-bond acceptors (Lipinski definition) is 12. The van der Waals surface area contributed by atoms with Crippen LogP contribution in [0, 0.1) is 0 Å². The van der Waals surface area contributed by atoms with Crippen molar-refractivity contribution in [2.24, 2.45) is 0 Å². The molecule has 77 heavy (non-hydrogen) atoms. The average molecular weight is 1210 g/mol. The van der Waals surface area contributed by atoms with Crippen LogP contribution in [0.5, 0.6) is 69.0 Å². The molecule has 17 heteroatoms. The molecular formula is C60H40Br2O12S3. The normalized spacial score (nSPS) is 11.6. The summed E-state index contributed by atoms with van der Waals surface area (Å²) in [5, 5.41) is 0. The molecule has 0 saturated carbocycles. The largest absolute Gasteiger partial charge is 0.457 e. The summed E-state index contributed by atoms with van der Waals surface area (Å²) in [5.74, 6) is 5.85. The molecule has 0 aromatic heterocycles. The second kappa shape index (κ2) is 22.6. The average Bonchev–Trinajstić information content (AvgIpc) is 3.44. The van der Waals surface area contributed by atoms with Crippen LogP contribution < -0.4 is 28.4 Å². The molecule has 0 spiro atoms. The summed E-state index contributed by atoms with van der Waals surface area (Å²) >= 11 is 6.78. The topological polar surface area (TPSA) is 158 Å². The first-order chi connectivity index (χ1) is 37.1. The van der Waals surface area contributed by atoms with Crippen molar-refractivity contribution in [3.05, 3.63) is 252 Å². The van der Waals surface area contributed by atoms with Crippen LogP contribution >= 0.6 is 31.9 Å². The molecule has 0 atom stereocenters. The second-order valence-corrected chi connectivity index (χ2v) is 24.5. The maximum Gasteiger partial charge on any atom is 0.206 e. The summed E-state index contributed by atoms with van der Waals surface area (Å²) in [6.45, 7) is 0. The highest BCUT2D eigenvalue weighted by atomic mass is 79.9. The van der Waals surface area contributed by atoms with Crippen LogP contribution in [0.25, 0.3) is 0 Å². The van der Waals surface area contributed by atoms with Gasteiger partial charge in [-0.25, -0.2) is 25.3 Å². The van der Waals surface area contributed by atoms with Gasteiger partial charge in [-0.2, -0.15) is 0 Å². The minimum Gasteiger partial charge on any atom is -0.457 e. The Bertz CT molecular complexity index is 3740. The van der Waals surface area contributed by atoms with E-state index in [1.165, 1.54) is 72.8 Å². The van der Waals surface area contributed by atoms with E-state index in [0.29, 0.717) is 69.0 Å². The Morgan fingerprint density at radius 1 is 0.182 bits per heavy atom. The molecule has 10 rings (SSSR count). The van der Waals surface area contributed by atoms with Crippen LogP contribution in [-0.4, -0.2) is 25.3 Å². The molecule has 384 valence electrons. The zero-order chi connectivity index (χ0) is 53.6. The molecule has 12 nitrogen and oxygen atoms in total. The molecule has 0 unspecified atom stereocenters. The fourth-order valence-electron chi connectivity index (χ4n) is 7.50. The number of halogens is 2. The van der Waals surface area contributed by atoms with Gasteiger partial charge < -0.3 is 28.4 Å². The number of sulfone groups is 3. The number of ether oxygens (including phenoxy) is 6. The molecule has 0 aliphatic heterocycles. The van der Waals surface area contributed by atoms with Crippen molar-refractivity contribution in [3.8, 4) is 69.0 Å². The summed E-state index contributed by atoms with van der Waals surface area (Å²) in [5.41, 5.74) is 0. The third kappa shape index (κ3) is 12.7. The lowest BCUT2D eigenvalue weighted by atomic mass is 10.3. The van der Waals surface area contributed by atoms with E-state index in [4.69, 9.17) is 28.4 Å². The Kier molecular flexibility index (Phi) is 15.3. The summed E-state index contributed by atoms with van der Waals surface area (Å²) in [7, 11) is -11.5. The minimum atomic E-state index is -3.89. The first kappa shape index (κ1) is 52.3. The summed E-state index contributed by atoms with van der Waals surface area (Å²) in [6, 6.07) is 64.9. The van der Waals surface area contributed by atoms with Gasteiger partial charge in [0, 0.05) is 8.95 Å². The molecule has 0 aliphatic carbocycles. The van der Waals surface area contributed by atoms with E-state index in [1.807, 2.05) is 24.3 Å². The van der Waals surface area contributed by atoms with E-state index in [1.54, 1.807) is 146 Å². The predicted molar refractivity (Wildman–Crippen MR) is 297 cm³/mol. The van der Waals surface area contributed by atoms with Gasteiger partial charge in [-0.1, -0.05) is 31.9 Å². The van der Waals surface area contributed by atoms with Crippen molar-refractivity contribution in [3.63, 3.8) is 0 Å². The van der Waals surface area contributed by atoms with Gasteiger partial charge in [0.25, 0.3) is 0 Å². The van der Waals surface area contributed by atoms with Gasteiger partial charge >= 0.3 is 0 Å². The van der Waals surface area contributed by atoms with E-state index in [-0.39, 0.29) is 29.4 Å². The first-order valence-corrected chi connectivity index (χ1v) is 29.3. The van der Waals surface area contributed by atoms with Crippen LogP contribution in [0.2, 0.25) is 0 Å². The van der Waals surface area contributed by atoms with Crippen molar-refractivity contribution < 1.29 is 53.7 Å². The van der Waals surface area contributed by atoms with Gasteiger partial charge in [-0.05, 0) is 243 Å². The van der Waals surface area contributed by atoms with Crippen molar-refractivity contribution in [2.75, 3.05) is 0 Å². The lowest BCUT2D eigenvalue weighted by molar-refractivity contribution is 0.468. The molecule has 0 fully saturated rings. The number of rotatable bonds is 18. The monoisotopic (exact) mass is 1210 g/mol. The smallest absolute Gasteiger partial charge is 0.206 e. The Labute approximate surface area is 461 Å². The van der Waals surface area contributed by atoms with Crippen molar-refractivity contribution in [1.82, 2.24) is 0 Å². The maximum atomic E-state index is 13.6. The van der Waals surface area contributed by atoms with Crippen LogP contribution in [0.4, 0.5) is 0 Å². The molecule has 0 N–H and O–H groups in total. The van der Waals surface area contributed by atoms with Crippen LogP contribution in [0.15, 0.2) is 281 Å². The Morgan fingerprint density at radius 2 is 0.286 bits per heavy atom. The van der Waals surface area contributed by atoms with Crippen molar-refractivity contribution >= 4 is 61.4 Å². The van der Waals surface area contributed by atoms with Crippen LogP contribution in [0.1, 0.15) is 0 Å². The van der Waals surface area contributed by atoms with Crippen molar-refractivity contribution in [1.29, 1.82) is 0 Å². The SMILES string of the molecule is O=S(=O)(c1ccc(Oc2ccc(Br)cc2)cc1)c1ccc(Oc2ccc(Oc3ccc(S(=O)(=O)c4ccc(Oc5ccc(Oc6ccc(S(=O)(=O)c7ccc(Oc8ccc(Br)cc8)cc7)cc6)cc5)cc4)cc3)cc2)cc1. The van der Waals surface area contributed by atoms with Gasteiger partial charge in [0.05, 0.1) is 29.4 Å². The molecule has 0 heterocycles. The third-order valence-electron chi connectivity index (χ3n) is 11.5. The highest BCUT2D eigenvalue weighted by Crippen LogP contribution is 2.34. The van der Waals surface area contributed by atoms with E-state index in [9.17, 15) is 25.3 Å². The van der Waals surface area contributed by atoms with E-state index in [0.717, 1.165) is 8.95 Å². The number of hydrogen-bond donors (Lipinski definition) is 0. The van der Waals surface area contributed by atoms with E-state index < -0.39 is 29.5 Å². The van der Waals surface area contributed by atoms with Crippen molar-refractivity contribution in [2.45, 2.75) is 29.4 Å². The molecule has 0 saturated heterocycles. The molecular weight excluding hydrogens is 1170 g/mol. The van der Waals surface area contributed by atoms with E-state index in [2.05, 4.69) is 31.9 Å². The van der Waals surface area contributed by atoms with Gasteiger partial charge in [-0.3, -0.25) is 0 Å². The zero-order valence-electron chi connectivity index (χ0n) is 40.0. The second-order valence-electron chi connectivity index (χ2n) is 16.8. The third-order valence-corrected chi connectivity index (χ3v) is 17.9. The van der Waals surface area contributed by atoms with Gasteiger partial charge in [0.2, 0.25) is 29.5 Å². The lowest BCUT2D eigenvalue weighted by Crippen LogP contribution is -2.02. The Balaban J connectivity index is 0.684. The molecule has 10 aromatic carbocycles. The molecule has 0 bridgehead atoms. The first-order valence-electron chi connectivity index (χ1n) is 23.3. The lowest BCUT2D eigenvalue weighted by Gasteiger charge is -2.11. The van der Waals surface area contributed by atoms with Gasteiger partial charge in [-0.15, -0.1) is 0 Å². The zero-order valence-corrected chi connectivity index (χ0v) is 45.6. The van der Waals surface area contributed by atoms with Gasteiger partial charge in [0.15, 0.2) is 0 Å². The van der Waals surface area contributed by atoms with Crippen LogP contribution in [0.3, 0.4) is 0 Å². The van der Waals surface area contributed by atoms with E-state index >= 15 is 0 Å². The summed E-state index contributed by atoms with van der Waals surface area (Å²) < 4.78 is 118. The molecule has 0 amide bonds. The predicted octanol–water partition coefficient (Wildman–Crippen LogP) is 16.5. The summed E-state index contributed by atoms with van der Waals surface area (Å²) in [4.78, 5) is 0.602. The Morgan fingerprint density at radius 3 is 0.416 bits per heavy atom. The molecule has 10 aromatic rings. The molecule has 0 aliphatic rings. The summed E-state index contributed by atoms with van der Waals surface area (Å²) in [6.07, 6.45) is 0. The fraction of sp³-hybridized carbons (Fsp3) is 0. The standard InChI is InChI=1S/C60H40Br2O12S3/c61-41-1-5-43(6-2-41)69-49-17-29-55(30-18-49)75(63,64)57-33-21-51(22-34-57)71-45-9-13-47(14-10-45)73-53-25-37-59(38-26-53)77(67,68)60-39-27-54(28-40-60)74-48-15-11-46(12-16-48)72-52-23-35-58(36-24-52)76(65,66)56-31-19-50(20-32-56)70-44-7-3-42(62)4-8-44/h1-40H. The number of benzene rings is 10. The van der Waals surface area contributed by atoms with Crippen LogP contribution in [-0.2, 0) is 29.5 Å². The Hall–Kier alpha value is -8.19. The minimum absolute atomic E-state index is 0.0712. The van der Waals surface area contributed by atoms with Gasteiger partial charge in [0.1, 0.15) is 69.0 Å². The highest BCUT2D eigenvalue weighted by molar-refractivity contribution is 9.10. The highest BCUT2D eigenvalue weighted by Gasteiger charge is 2.21. The fourth-order valence-corrected chi connectivity index (χ4v) is 11.8. The molecule has 0 radical (unpaired) electrons. The maximum absolute atomic E-state index is 13.6. The quantitative estimate of drug-likeness (QED) is 0.0802.